The van der Waals surface area contributed by atoms with Crippen LogP contribution in [0.5, 0.6) is 11.5 Å². The van der Waals surface area contributed by atoms with Gasteiger partial charge in [-0.25, -0.2) is 0 Å². The molecule has 0 saturated carbocycles. The third-order valence-electron chi connectivity index (χ3n) is 2.67. The molecular weight excluding hydrogens is 280 g/mol. The Balaban J connectivity index is 0.00000211. The molecule has 0 amide bonds. The lowest BCUT2D eigenvalue weighted by molar-refractivity contribution is -0.135. The molecule has 0 bridgehead atoms. The predicted molar refractivity (Wildman–Crippen MR) is 89.1 cm³/mol. The molecule has 1 aromatic rings. The molecule has 0 aliphatic carbocycles. The minimum Gasteiger partial charge on any atom is -0.504 e. The van der Waals surface area contributed by atoms with Crippen molar-refractivity contribution in [3.05, 3.63) is 42.0 Å². The SMILES string of the molecule is C/C=C\CC(=O)C(=O)C/C=C\c1ccc(O)c(OC)c1.CC. The van der Waals surface area contributed by atoms with Crippen molar-refractivity contribution < 1.29 is 19.4 Å². The fraction of sp³-hybridized carbons (Fsp3) is 0.333. The zero-order chi connectivity index (χ0) is 17.0. The summed E-state index contributed by atoms with van der Waals surface area (Å²) in [5, 5.41) is 9.45. The Morgan fingerprint density at radius 3 is 2.27 bits per heavy atom. The number of allylic oxidation sites excluding steroid dienone is 3. The van der Waals surface area contributed by atoms with Crippen LogP contribution in [-0.2, 0) is 9.59 Å². The van der Waals surface area contributed by atoms with E-state index in [-0.39, 0.29) is 18.6 Å². The molecule has 0 aromatic heterocycles. The lowest BCUT2D eigenvalue weighted by Gasteiger charge is -2.03. The minimum absolute atomic E-state index is 0.0576. The van der Waals surface area contributed by atoms with Crippen molar-refractivity contribution in [3.8, 4) is 11.5 Å². The van der Waals surface area contributed by atoms with Crippen molar-refractivity contribution in [1.29, 1.82) is 0 Å². The van der Waals surface area contributed by atoms with Crippen LogP contribution in [0, 0.1) is 0 Å². The maximum atomic E-state index is 11.5. The van der Waals surface area contributed by atoms with Gasteiger partial charge in [0.25, 0.3) is 0 Å². The fourth-order valence-corrected chi connectivity index (χ4v) is 1.55. The Morgan fingerprint density at radius 1 is 1.14 bits per heavy atom. The number of carbonyl (C=O) groups is 2. The van der Waals surface area contributed by atoms with Crippen LogP contribution in [0.3, 0.4) is 0 Å². The van der Waals surface area contributed by atoms with Crippen molar-refractivity contribution in [2.45, 2.75) is 33.6 Å². The topological polar surface area (TPSA) is 63.6 Å². The summed E-state index contributed by atoms with van der Waals surface area (Å²) in [6.07, 6.45) is 6.96. The number of phenols is 1. The molecule has 0 heterocycles. The number of carbonyl (C=O) groups excluding carboxylic acids is 2. The van der Waals surface area contributed by atoms with E-state index in [0.717, 1.165) is 5.56 Å². The Bertz CT molecular complexity index is 542. The van der Waals surface area contributed by atoms with Crippen molar-refractivity contribution >= 4 is 17.6 Å². The molecule has 4 nitrogen and oxygen atoms in total. The summed E-state index contributed by atoms with van der Waals surface area (Å²) in [5.74, 6) is -0.383. The maximum Gasteiger partial charge on any atom is 0.202 e. The standard InChI is InChI=1S/C16H18O4.C2H6/c1-3-4-7-13(17)14(18)8-5-6-12-9-10-15(19)16(11-12)20-2;1-2/h3-6,9-11,19H,7-8H2,1-2H3;1-2H3/b4-3-,6-5-;. The first kappa shape index (κ1) is 19.6. The Kier molecular flexibility index (Phi) is 10.1. The number of benzene rings is 1. The van der Waals surface area contributed by atoms with Gasteiger partial charge in [-0.3, -0.25) is 9.59 Å². The molecule has 0 atom stereocenters. The van der Waals surface area contributed by atoms with E-state index in [1.165, 1.54) is 13.2 Å². The normalized spacial score (nSPS) is 10.4. The Labute approximate surface area is 132 Å². The maximum absolute atomic E-state index is 11.5. The molecule has 4 heteroatoms. The van der Waals surface area contributed by atoms with Crippen molar-refractivity contribution in [1.82, 2.24) is 0 Å². The second kappa shape index (κ2) is 11.3. The summed E-state index contributed by atoms with van der Waals surface area (Å²) in [4.78, 5) is 22.9. The van der Waals surface area contributed by atoms with Gasteiger partial charge in [0, 0.05) is 12.8 Å². The summed E-state index contributed by atoms with van der Waals surface area (Å²) in [6, 6.07) is 4.86. The monoisotopic (exact) mass is 304 g/mol. The summed E-state index contributed by atoms with van der Waals surface area (Å²) in [6.45, 7) is 5.80. The average molecular weight is 304 g/mol. The van der Waals surface area contributed by atoms with Gasteiger partial charge in [-0.2, -0.15) is 0 Å². The third kappa shape index (κ3) is 6.88. The second-order valence-corrected chi connectivity index (χ2v) is 4.16. The van der Waals surface area contributed by atoms with Gasteiger partial charge in [-0.05, 0) is 24.6 Å². The predicted octanol–water partition coefficient (Wildman–Crippen LogP) is 3.93. The van der Waals surface area contributed by atoms with Crippen LogP contribution < -0.4 is 4.74 Å². The van der Waals surface area contributed by atoms with E-state index in [2.05, 4.69) is 0 Å². The summed E-state index contributed by atoms with van der Waals surface area (Å²) in [7, 11) is 1.46. The molecule has 0 saturated heterocycles. The van der Waals surface area contributed by atoms with Crippen LogP contribution in [-0.4, -0.2) is 23.8 Å². The minimum atomic E-state index is -0.412. The molecule has 0 aliphatic heterocycles. The zero-order valence-corrected chi connectivity index (χ0v) is 13.6. The van der Waals surface area contributed by atoms with Crippen molar-refractivity contribution in [2.75, 3.05) is 7.11 Å². The number of aromatic hydroxyl groups is 1. The molecule has 120 valence electrons. The molecule has 1 N–H and O–H groups in total. The molecule has 1 rings (SSSR count). The largest absolute Gasteiger partial charge is 0.504 e. The number of hydrogen-bond donors (Lipinski definition) is 1. The average Bonchev–Trinajstić information content (AvgIpc) is 2.55. The molecule has 0 unspecified atom stereocenters. The first-order valence-corrected chi connectivity index (χ1v) is 7.29. The van der Waals surface area contributed by atoms with Gasteiger partial charge < -0.3 is 9.84 Å². The highest BCUT2D eigenvalue weighted by atomic mass is 16.5. The van der Waals surface area contributed by atoms with Crippen LogP contribution in [0.15, 0.2) is 36.4 Å². The number of ether oxygens (including phenoxy) is 1. The van der Waals surface area contributed by atoms with Crippen LogP contribution in [0.25, 0.3) is 6.08 Å². The van der Waals surface area contributed by atoms with E-state index in [0.29, 0.717) is 5.75 Å². The Hall–Kier alpha value is -2.36. The first-order valence-electron chi connectivity index (χ1n) is 7.29. The number of hydrogen-bond acceptors (Lipinski definition) is 4. The highest BCUT2D eigenvalue weighted by molar-refractivity contribution is 6.37. The molecule has 0 spiro atoms. The number of phenolic OH excluding ortho intramolecular Hbond substituents is 1. The van der Waals surface area contributed by atoms with Gasteiger partial charge in [0.05, 0.1) is 7.11 Å². The van der Waals surface area contributed by atoms with Crippen LogP contribution >= 0.6 is 0 Å². The zero-order valence-electron chi connectivity index (χ0n) is 13.6. The molecule has 0 radical (unpaired) electrons. The Morgan fingerprint density at radius 2 is 1.73 bits per heavy atom. The number of rotatable bonds is 7. The lowest BCUT2D eigenvalue weighted by atomic mass is 10.1. The van der Waals surface area contributed by atoms with Crippen molar-refractivity contribution in [2.24, 2.45) is 0 Å². The molecule has 22 heavy (non-hydrogen) atoms. The van der Waals surface area contributed by atoms with E-state index >= 15 is 0 Å². The van der Waals surface area contributed by atoms with Gasteiger partial charge in [0.2, 0.25) is 11.6 Å². The molecule has 0 aliphatic rings. The summed E-state index contributed by atoms with van der Waals surface area (Å²) in [5.41, 5.74) is 0.786. The third-order valence-corrected chi connectivity index (χ3v) is 2.67. The van der Waals surface area contributed by atoms with Gasteiger partial charge in [0.15, 0.2) is 11.5 Å². The van der Waals surface area contributed by atoms with E-state index in [1.54, 1.807) is 43.4 Å². The number of methoxy groups -OCH3 is 1. The number of Topliss-reactive ketones (excluding diaryl/α,β-unsaturated/α-hetero) is 2. The van der Waals surface area contributed by atoms with Gasteiger partial charge in [-0.1, -0.05) is 44.2 Å². The first-order chi connectivity index (χ1) is 10.6. The van der Waals surface area contributed by atoms with Gasteiger partial charge in [0.1, 0.15) is 0 Å². The van der Waals surface area contributed by atoms with Gasteiger partial charge in [-0.15, -0.1) is 0 Å². The molecular formula is C18H24O4. The highest BCUT2D eigenvalue weighted by Crippen LogP contribution is 2.26. The van der Waals surface area contributed by atoms with E-state index < -0.39 is 11.6 Å². The van der Waals surface area contributed by atoms with Crippen molar-refractivity contribution in [3.63, 3.8) is 0 Å². The van der Waals surface area contributed by atoms with E-state index in [1.807, 2.05) is 13.8 Å². The van der Waals surface area contributed by atoms with Crippen LogP contribution in [0.1, 0.15) is 39.2 Å². The highest BCUT2D eigenvalue weighted by Gasteiger charge is 2.09. The fourth-order valence-electron chi connectivity index (χ4n) is 1.55. The lowest BCUT2D eigenvalue weighted by Crippen LogP contribution is -2.11. The smallest absolute Gasteiger partial charge is 0.202 e. The van der Waals surface area contributed by atoms with Crippen LogP contribution in [0.2, 0.25) is 0 Å². The van der Waals surface area contributed by atoms with E-state index in [4.69, 9.17) is 4.74 Å². The number of ketones is 2. The molecule has 0 fully saturated rings. The van der Waals surface area contributed by atoms with Gasteiger partial charge >= 0.3 is 0 Å². The quantitative estimate of drug-likeness (QED) is 0.612. The second-order valence-electron chi connectivity index (χ2n) is 4.16. The summed E-state index contributed by atoms with van der Waals surface area (Å²) < 4.78 is 4.98. The molecule has 1 aromatic carbocycles. The van der Waals surface area contributed by atoms with Crippen LogP contribution in [0.4, 0.5) is 0 Å². The van der Waals surface area contributed by atoms with E-state index in [9.17, 15) is 14.7 Å². The summed E-state index contributed by atoms with van der Waals surface area (Å²) >= 11 is 0.